The second-order valence-corrected chi connectivity index (χ2v) is 16.1. The van der Waals surface area contributed by atoms with Crippen molar-refractivity contribution in [2.45, 2.75) is 97.8 Å². The molecule has 0 saturated carbocycles. The van der Waals surface area contributed by atoms with E-state index in [-0.39, 0.29) is 29.1 Å². The zero-order valence-electron chi connectivity index (χ0n) is 33.0. The van der Waals surface area contributed by atoms with E-state index in [1.54, 1.807) is 12.1 Å². The molecule has 2 heterocycles. The Labute approximate surface area is 326 Å². The first-order chi connectivity index (χ1) is 26.5. The molecule has 8 nitrogen and oxygen atoms in total. The van der Waals surface area contributed by atoms with Crippen LogP contribution in [0.4, 0.5) is 4.79 Å². The number of aryl methyl sites for hydroxylation is 2. The van der Waals surface area contributed by atoms with Crippen molar-refractivity contribution in [3.05, 3.63) is 124 Å². The lowest BCUT2D eigenvalue weighted by Gasteiger charge is -2.28. The Morgan fingerprint density at radius 2 is 1.45 bits per heavy atom. The van der Waals surface area contributed by atoms with E-state index < -0.39 is 12.0 Å². The molecule has 55 heavy (non-hydrogen) atoms. The van der Waals surface area contributed by atoms with Crippen LogP contribution < -0.4 is 24.8 Å². The van der Waals surface area contributed by atoms with Gasteiger partial charge in [0.15, 0.2) is 0 Å². The molecule has 3 atom stereocenters. The van der Waals surface area contributed by atoms with Gasteiger partial charge < -0.3 is 24.8 Å². The van der Waals surface area contributed by atoms with Gasteiger partial charge in [-0.3, -0.25) is 9.59 Å². The highest BCUT2D eigenvalue weighted by molar-refractivity contribution is 5.94. The van der Waals surface area contributed by atoms with Crippen LogP contribution in [0.1, 0.15) is 129 Å². The predicted molar refractivity (Wildman–Crippen MR) is 216 cm³/mol. The molecule has 0 fully saturated rings. The first-order valence-electron chi connectivity index (χ1n) is 20.1. The summed E-state index contributed by atoms with van der Waals surface area (Å²) < 4.78 is 17.1. The average Bonchev–Trinajstić information content (AvgIpc) is 3.75. The third-order valence-electron chi connectivity index (χ3n) is 10.9. The van der Waals surface area contributed by atoms with E-state index in [1.807, 2.05) is 48.5 Å². The highest BCUT2D eigenvalue weighted by Crippen LogP contribution is 2.41. The Morgan fingerprint density at radius 1 is 0.818 bits per heavy atom. The molecule has 0 radical (unpaired) electrons. The zero-order chi connectivity index (χ0) is 39.0. The number of amides is 2. The quantitative estimate of drug-likeness (QED) is 0.0825. The summed E-state index contributed by atoms with van der Waals surface area (Å²) in [6.45, 7) is 12.5. The van der Waals surface area contributed by atoms with Gasteiger partial charge in [0.25, 0.3) is 5.91 Å². The van der Waals surface area contributed by atoms with E-state index in [2.05, 4.69) is 69.5 Å². The molecule has 290 valence electrons. The van der Waals surface area contributed by atoms with E-state index in [0.717, 1.165) is 61.0 Å². The molecule has 2 amide bonds. The molecule has 0 aromatic heterocycles. The molecule has 3 unspecified atom stereocenters. The number of ether oxygens (including phenoxy) is 3. The first kappa shape index (κ1) is 39.6. The van der Waals surface area contributed by atoms with Crippen LogP contribution in [0.2, 0.25) is 0 Å². The van der Waals surface area contributed by atoms with Crippen molar-refractivity contribution in [1.29, 1.82) is 0 Å². The molecule has 2 aliphatic rings. The van der Waals surface area contributed by atoms with Gasteiger partial charge in [-0.1, -0.05) is 96.0 Å². The predicted octanol–water partition coefficient (Wildman–Crippen LogP) is 9.91. The maximum Gasteiger partial charge on any atom is 0.412 e. The summed E-state index contributed by atoms with van der Waals surface area (Å²) in [6, 6.07) is 27.5. The third kappa shape index (κ3) is 10.2. The number of carbonyl (C=O) groups excluding carboxylic acids is 3. The first-order valence-corrected chi connectivity index (χ1v) is 20.1. The van der Waals surface area contributed by atoms with Crippen molar-refractivity contribution in [2.75, 3.05) is 19.7 Å². The van der Waals surface area contributed by atoms with E-state index in [1.165, 1.54) is 29.5 Å². The summed E-state index contributed by atoms with van der Waals surface area (Å²) in [5.41, 5.74) is 7.20. The second kappa shape index (κ2) is 18.0. The van der Waals surface area contributed by atoms with Crippen LogP contribution in [0, 0.1) is 11.3 Å². The lowest BCUT2D eigenvalue weighted by molar-refractivity contribution is -0.133. The second-order valence-electron chi connectivity index (χ2n) is 16.1. The fourth-order valence-corrected chi connectivity index (χ4v) is 7.87. The monoisotopic (exact) mass is 744 g/mol. The fraction of sp³-hybridized carbons (Fsp3) is 0.426. The smallest absolute Gasteiger partial charge is 0.412 e. The highest BCUT2D eigenvalue weighted by atomic mass is 16.6. The van der Waals surface area contributed by atoms with Gasteiger partial charge in [0.2, 0.25) is 0 Å². The van der Waals surface area contributed by atoms with Crippen LogP contribution in [0.15, 0.2) is 84.9 Å². The number of nitrogens with one attached hydrogen (secondary N) is 2. The van der Waals surface area contributed by atoms with Crippen molar-refractivity contribution in [1.82, 2.24) is 10.6 Å². The average molecular weight is 745 g/mol. The number of unbranched alkanes of at least 4 members (excludes halogenated alkanes) is 2. The van der Waals surface area contributed by atoms with Crippen LogP contribution in [0.25, 0.3) is 0 Å². The van der Waals surface area contributed by atoms with Crippen LogP contribution in [0.5, 0.6) is 17.2 Å². The Morgan fingerprint density at radius 3 is 2.13 bits per heavy atom. The minimum Gasteiger partial charge on any atom is -0.492 e. The molecule has 2 N–H and O–H groups in total. The number of hydrogen-bond acceptors (Lipinski definition) is 6. The van der Waals surface area contributed by atoms with Crippen LogP contribution in [-0.2, 0) is 17.6 Å². The number of benzene rings is 4. The number of carbonyl (C=O) groups is 3. The van der Waals surface area contributed by atoms with Crippen LogP contribution in [0.3, 0.4) is 0 Å². The van der Waals surface area contributed by atoms with Crippen molar-refractivity contribution >= 4 is 18.0 Å². The lowest BCUT2D eigenvalue weighted by atomic mass is 9.80. The van der Waals surface area contributed by atoms with Crippen molar-refractivity contribution in [3.63, 3.8) is 0 Å². The molecule has 4 aromatic carbocycles. The maximum atomic E-state index is 13.0. The van der Waals surface area contributed by atoms with Gasteiger partial charge >= 0.3 is 12.1 Å². The van der Waals surface area contributed by atoms with E-state index in [9.17, 15) is 14.4 Å². The zero-order valence-corrected chi connectivity index (χ0v) is 33.0. The molecule has 0 bridgehead atoms. The van der Waals surface area contributed by atoms with E-state index >= 15 is 0 Å². The Kier molecular flexibility index (Phi) is 13.0. The van der Waals surface area contributed by atoms with E-state index in [0.29, 0.717) is 36.8 Å². The SMILES string of the molecule is CCCCc1ccc2c(c1)C(c1ccc(C(=O)NCCC(C)(C)CC(C)CNC(=O)Oc3ccc(C4C(=O)Oc5ccc(CCCC)cc54)cc3)cc1)CO2. The number of fused-ring (bicyclic) bond motifs is 2. The molecular formula is C47H56N2O6. The van der Waals surface area contributed by atoms with Gasteiger partial charge in [-0.25, -0.2) is 4.79 Å². The van der Waals surface area contributed by atoms with Crippen LogP contribution in [-0.4, -0.2) is 37.7 Å². The molecule has 0 spiro atoms. The standard InChI is InChI=1S/C47H56N2O6/c1-6-8-10-32-12-22-41-38(26-32)40(30-53-41)34-14-16-36(17-15-34)44(50)48-25-24-47(4,5)28-31(3)29-49-46(52)54-37-20-18-35(19-21-37)43-39-27-33(11-9-7-2)13-23-42(39)55-45(43)51/h12-23,26-27,31,40,43H,6-11,24-25,28-30H2,1-5H3,(H,48,50)(H,49,52). The molecule has 0 aliphatic carbocycles. The summed E-state index contributed by atoms with van der Waals surface area (Å²) in [4.78, 5) is 38.5. The summed E-state index contributed by atoms with van der Waals surface area (Å²) in [5, 5.41) is 5.99. The minimum atomic E-state index is -0.525. The van der Waals surface area contributed by atoms with Gasteiger partial charge in [-0.15, -0.1) is 0 Å². The van der Waals surface area contributed by atoms with Gasteiger partial charge in [0.05, 0.1) is 6.61 Å². The molecule has 2 aliphatic heterocycles. The van der Waals surface area contributed by atoms with Gasteiger partial charge in [-0.2, -0.15) is 0 Å². The number of esters is 1. The number of rotatable bonds is 17. The largest absolute Gasteiger partial charge is 0.492 e. The summed E-state index contributed by atoms with van der Waals surface area (Å²) in [5.74, 6) is 1.46. The Bertz CT molecular complexity index is 1950. The lowest BCUT2D eigenvalue weighted by Crippen LogP contribution is -2.33. The summed E-state index contributed by atoms with van der Waals surface area (Å²) >= 11 is 0. The summed E-state index contributed by atoms with van der Waals surface area (Å²) in [6.07, 6.45) is 7.71. The number of hydrogen-bond donors (Lipinski definition) is 2. The Balaban J connectivity index is 0.919. The Hall–Kier alpha value is -5.11. The molecule has 4 aromatic rings. The normalized spacial score (nSPS) is 16.4. The highest BCUT2D eigenvalue weighted by Gasteiger charge is 2.35. The van der Waals surface area contributed by atoms with E-state index in [4.69, 9.17) is 14.2 Å². The minimum absolute atomic E-state index is 0.0550. The molecule has 6 rings (SSSR count). The van der Waals surface area contributed by atoms with Crippen molar-refractivity contribution in [2.24, 2.45) is 11.3 Å². The van der Waals surface area contributed by atoms with Crippen molar-refractivity contribution < 1.29 is 28.6 Å². The maximum absolute atomic E-state index is 13.0. The molecule has 8 heteroatoms. The fourth-order valence-electron chi connectivity index (χ4n) is 7.87. The van der Waals surface area contributed by atoms with Crippen LogP contribution >= 0.6 is 0 Å². The topological polar surface area (TPSA) is 103 Å². The summed E-state index contributed by atoms with van der Waals surface area (Å²) in [7, 11) is 0. The molecule has 0 saturated heterocycles. The van der Waals surface area contributed by atoms with Gasteiger partial charge in [0, 0.05) is 35.7 Å². The molecular weight excluding hydrogens is 689 g/mol. The van der Waals surface area contributed by atoms with Crippen molar-refractivity contribution in [3.8, 4) is 17.2 Å². The van der Waals surface area contributed by atoms with Gasteiger partial charge in [-0.05, 0) is 109 Å². The van der Waals surface area contributed by atoms with Gasteiger partial charge in [0.1, 0.15) is 23.2 Å². The third-order valence-corrected chi connectivity index (χ3v) is 10.9.